The average Bonchev–Trinajstić information content (AvgIpc) is 2.39. The molecule has 0 aliphatic rings. The molecule has 0 amide bonds. The van der Waals surface area contributed by atoms with E-state index in [4.69, 9.17) is 10.5 Å². The molecule has 0 spiro atoms. The summed E-state index contributed by atoms with van der Waals surface area (Å²) in [4.78, 5) is 0.212. The van der Waals surface area contributed by atoms with Gasteiger partial charge in [0, 0.05) is 11.8 Å². The van der Waals surface area contributed by atoms with E-state index in [9.17, 15) is 8.42 Å². The molecule has 0 saturated carbocycles. The third kappa shape index (κ3) is 3.30. The number of anilines is 1. The maximum Gasteiger partial charge on any atom is 0.182 e. The minimum Gasteiger partial charge on any atom is -0.456 e. The molecule has 0 aliphatic carbocycles. The number of rotatable bonds is 5. The highest BCUT2D eigenvalue weighted by Gasteiger charge is 2.18. The molecule has 0 aliphatic heterocycles. The van der Waals surface area contributed by atoms with E-state index in [1.165, 1.54) is 0 Å². The zero-order valence-electron chi connectivity index (χ0n) is 11.2. The lowest BCUT2D eigenvalue weighted by Crippen LogP contribution is -2.07. The van der Waals surface area contributed by atoms with E-state index < -0.39 is 9.84 Å². The first-order valence-electron chi connectivity index (χ1n) is 6.38. The average molecular weight is 291 g/mol. The number of sulfone groups is 1. The Morgan fingerprint density at radius 2 is 1.85 bits per heavy atom. The van der Waals surface area contributed by atoms with Crippen molar-refractivity contribution in [2.45, 2.75) is 18.2 Å². The van der Waals surface area contributed by atoms with Gasteiger partial charge in [-0.25, -0.2) is 8.42 Å². The number of hydrogen-bond acceptors (Lipinski definition) is 4. The Labute approximate surface area is 119 Å². The molecular formula is C15H17NO3S. The lowest BCUT2D eigenvalue weighted by atomic mass is 10.3. The molecule has 0 aromatic heterocycles. The van der Waals surface area contributed by atoms with Crippen LogP contribution in [0.25, 0.3) is 0 Å². The van der Waals surface area contributed by atoms with Gasteiger partial charge in [0.1, 0.15) is 16.4 Å². The van der Waals surface area contributed by atoms with Gasteiger partial charge in [0.05, 0.1) is 5.75 Å². The second kappa shape index (κ2) is 5.96. The lowest BCUT2D eigenvalue weighted by molar-refractivity contribution is 0.467. The summed E-state index contributed by atoms with van der Waals surface area (Å²) in [6.45, 7) is 1.83. The van der Waals surface area contributed by atoms with Crippen LogP contribution >= 0.6 is 0 Å². The molecule has 0 heterocycles. The Bertz CT molecular complexity index is 696. The Balaban J connectivity index is 2.38. The minimum atomic E-state index is -3.33. The lowest BCUT2D eigenvalue weighted by Gasteiger charge is -2.11. The number of para-hydroxylation sites is 1. The van der Waals surface area contributed by atoms with Crippen LogP contribution in [0.5, 0.6) is 11.5 Å². The highest BCUT2D eigenvalue weighted by Crippen LogP contribution is 2.30. The van der Waals surface area contributed by atoms with E-state index >= 15 is 0 Å². The van der Waals surface area contributed by atoms with E-state index in [1.54, 1.807) is 48.5 Å². The minimum absolute atomic E-state index is 0.101. The molecule has 5 heteroatoms. The van der Waals surface area contributed by atoms with Crippen molar-refractivity contribution < 1.29 is 13.2 Å². The molecule has 0 radical (unpaired) electrons. The number of benzene rings is 2. The van der Waals surface area contributed by atoms with E-state index in [0.29, 0.717) is 23.6 Å². The summed E-state index contributed by atoms with van der Waals surface area (Å²) < 4.78 is 30.1. The molecular weight excluding hydrogens is 274 g/mol. The number of nitrogen functional groups attached to an aromatic ring is 1. The second-order valence-corrected chi connectivity index (χ2v) is 6.52. The number of nitrogens with two attached hydrogens (primary N) is 1. The molecule has 0 unspecified atom stereocenters. The van der Waals surface area contributed by atoms with Crippen molar-refractivity contribution in [3.63, 3.8) is 0 Å². The van der Waals surface area contributed by atoms with Crippen LogP contribution in [0.2, 0.25) is 0 Å². The molecule has 4 nitrogen and oxygen atoms in total. The molecule has 0 fully saturated rings. The first-order chi connectivity index (χ1) is 9.53. The molecule has 2 N–H and O–H groups in total. The van der Waals surface area contributed by atoms with Crippen molar-refractivity contribution in [2.24, 2.45) is 0 Å². The molecule has 0 saturated heterocycles. The van der Waals surface area contributed by atoms with Gasteiger partial charge in [-0.15, -0.1) is 0 Å². The van der Waals surface area contributed by atoms with Crippen molar-refractivity contribution in [1.82, 2.24) is 0 Å². The van der Waals surface area contributed by atoms with Crippen molar-refractivity contribution >= 4 is 15.5 Å². The van der Waals surface area contributed by atoms with Gasteiger partial charge in [0.2, 0.25) is 0 Å². The summed E-state index contributed by atoms with van der Waals surface area (Å²) in [6, 6.07) is 13.5. The normalized spacial score (nSPS) is 11.2. The first-order valence-corrected chi connectivity index (χ1v) is 8.03. The third-order valence-electron chi connectivity index (χ3n) is 2.74. The van der Waals surface area contributed by atoms with Gasteiger partial charge in [0.15, 0.2) is 9.84 Å². The van der Waals surface area contributed by atoms with Crippen LogP contribution in [0.4, 0.5) is 5.69 Å². The van der Waals surface area contributed by atoms with Crippen LogP contribution in [0, 0.1) is 0 Å². The van der Waals surface area contributed by atoms with Crippen LogP contribution in [-0.2, 0) is 9.84 Å². The van der Waals surface area contributed by atoms with Gasteiger partial charge in [-0.05, 0) is 30.7 Å². The van der Waals surface area contributed by atoms with Crippen molar-refractivity contribution in [1.29, 1.82) is 0 Å². The van der Waals surface area contributed by atoms with E-state index in [0.717, 1.165) is 0 Å². The zero-order chi connectivity index (χ0) is 14.6. The summed E-state index contributed by atoms with van der Waals surface area (Å²) in [5, 5.41) is 0. The fourth-order valence-corrected chi connectivity index (χ4v) is 3.33. The monoisotopic (exact) mass is 291 g/mol. The topological polar surface area (TPSA) is 69.4 Å². The third-order valence-corrected chi connectivity index (χ3v) is 4.70. The first kappa shape index (κ1) is 14.4. The smallest absolute Gasteiger partial charge is 0.182 e. The van der Waals surface area contributed by atoms with Crippen molar-refractivity contribution in [2.75, 3.05) is 11.5 Å². The standard InChI is InChI=1S/C15H17NO3S/c1-2-10-20(17,18)15-9-4-3-8-14(15)19-13-7-5-6-12(16)11-13/h3-9,11H,2,10,16H2,1H3. The largest absolute Gasteiger partial charge is 0.456 e. The molecule has 20 heavy (non-hydrogen) atoms. The SMILES string of the molecule is CCCS(=O)(=O)c1ccccc1Oc1cccc(N)c1. The molecule has 2 aromatic rings. The fourth-order valence-electron chi connectivity index (χ4n) is 1.88. The van der Waals surface area contributed by atoms with E-state index in [-0.39, 0.29) is 10.6 Å². The van der Waals surface area contributed by atoms with Crippen LogP contribution in [0.1, 0.15) is 13.3 Å². The van der Waals surface area contributed by atoms with Crippen molar-refractivity contribution in [3.05, 3.63) is 48.5 Å². The molecule has 2 aromatic carbocycles. The summed E-state index contributed by atoms with van der Waals surface area (Å²) in [5.41, 5.74) is 6.25. The summed E-state index contributed by atoms with van der Waals surface area (Å²) in [7, 11) is -3.33. The maximum absolute atomic E-state index is 12.2. The van der Waals surface area contributed by atoms with Crippen LogP contribution in [0.15, 0.2) is 53.4 Å². The van der Waals surface area contributed by atoms with Crippen LogP contribution in [-0.4, -0.2) is 14.2 Å². The Morgan fingerprint density at radius 1 is 1.10 bits per heavy atom. The predicted molar refractivity (Wildman–Crippen MR) is 79.7 cm³/mol. The zero-order valence-corrected chi connectivity index (χ0v) is 12.1. The van der Waals surface area contributed by atoms with Gasteiger partial charge in [-0.3, -0.25) is 0 Å². The quantitative estimate of drug-likeness (QED) is 0.859. The summed E-state index contributed by atoms with van der Waals surface area (Å²) >= 11 is 0. The molecule has 0 bridgehead atoms. The highest BCUT2D eigenvalue weighted by atomic mass is 32.2. The van der Waals surface area contributed by atoms with E-state index in [2.05, 4.69) is 0 Å². The van der Waals surface area contributed by atoms with Gasteiger partial charge < -0.3 is 10.5 Å². The molecule has 106 valence electrons. The van der Waals surface area contributed by atoms with Gasteiger partial charge in [0.25, 0.3) is 0 Å². The Kier molecular flexibility index (Phi) is 4.29. The van der Waals surface area contributed by atoms with E-state index in [1.807, 2.05) is 6.92 Å². The van der Waals surface area contributed by atoms with Crippen molar-refractivity contribution in [3.8, 4) is 11.5 Å². The second-order valence-electron chi connectivity index (χ2n) is 4.44. The predicted octanol–water partition coefficient (Wildman–Crippen LogP) is 3.24. The maximum atomic E-state index is 12.2. The summed E-state index contributed by atoms with van der Waals surface area (Å²) in [6.07, 6.45) is 0.564. The number of hydrogen-bond donors (Lipinski definition) is 1. The van der Waals surface area contributed by atoms with Gasteiger partial charge in [-0.2, -0.15) is 0 Å². The van der Waals surface area contributed by atoms with Gasteiger partial charge in [-0.1, -0.05) is 25.1 Å². The van der Waals surface area contributed by atoms with Crippen LogP contribution in [0.3, 0.4) is 0 Å². The molecule has 2 rings (SSSR count). The highest BCUT2D eigenvalue weighted by molar-refractivity contribution is 7.91. The van der Waals surface area contributed by atoms with Gasteiger partial charge >= 0.3 is 0 Å². The summed E-state index contributed by atoms with van der Waals surface area (Å²) in [5.74, 6) is 0.945. The molecule has 0 atom stereocenters. The Hall–Kier alpha value is -2.01. The Morgan fingerprint density at radius 3 is 2.55 bits per heavy atom. The fraction of sp³-hybridized carbons (Fsp3) is 0.200. The van der Waals surface area contributed by atoms with Crippen LogP contribution < -0.4 is 10.5 Å². The number of ether oxygens (including phenoxy) is 1.